The highest BCUT2D eigenvalue weighted by Crippen LogP contribution is 2.26. The van der Waals surface area contributed by atoms with E-state index in [1.807, 2.05) is 45.9 Å². The van der Waals surface area contributed by atoms with E-state index in [-0.39, 0.29) is 4.90 Å². The molecular formula is C16H22O3S. The van der Waals surface area contributed by atoms with Crippen LogP contribution in [0.4, 0.5) is 0 Å². The van der Waals surface area contributed by atoms with E-state index in [2.05, 4.69) is 0 Å². The lowest BCUT2D eigenvalue weighted by atomic mass is 10.1. The highest BCUT2D eigenvalue weighted by molar-refractivity contribution is 7.86. The fourth-order valence-corrected chi connectivity index (χ4v) is 2.26. The molecule has 20 heavy (non-hydrogen) atoms. The van der Waals surface area contributed by atoms with Crippen LogP contribution in [0.15, 0.2) is 59.5 Å². The van der Waals surface area contributed by atoms with Crippen LogP contribution in [0.3, 0.4) is 0 Å². The third-order valence-corrected chi connectivity index (χ3v) is 3.16. The summed E-state index contributed by atoms with van der Waals surface area (Å²) >= 11 is 0. The molecule has 2 aromatic rings. The zero-order valence-electron chi connectivity index (χ0n) is 12.4. The van der Waals surface area contributed by atoms with Crippen molar-refractivity contribution in [3.8, 4) is 11.1 Å². The monoisotopic (exact) mass is 294 g/mol. The first-order valence-electron chi connectivity index (χ1n) is 6.71. The molecule has 0 spiro atoms. The molecule has 0 aliphatic rings. The number of benzene rings is 2. The van der Waals surface area contributed by atoms with Crippen LogP contribution in [-0.4, -0.2) is 13.0 Å². The van der Waals surface area contributed by atoms with Gasteiger partial charge in [-0.1, -0.05) is 76.2 Å². The quantitative estimate of drug-likeness (QED) is 0.820. The summed E-state index contributed by atoms with van der Waals surface area (Å²) in [4.78, 5) is -0.0683. The molecule has 0 heterocycles. The smallest absolute Gasteiger partial charge is 0.282 e. The largest absolute Gasteiger partial charge is 0.295 e. The molecule has 2 rings (SSSR count). The average Bonchev–Trinajstić information content (AvgIpc) is 2.51. The van der Waals surface area contributed by atoms with Crippen molar-refractivity contribution in [2.75, 3.05) is 0 Å². The molecular weight excluding hydrogens is 272 g/mol. The van der Waals surface area contributed by atoms with Crippen LogP contribution in [0, 0.1) is 0 Å². The van der Waals surface area contributed by atoms with Crippen LogP contribution in [0.25, 0.3) is 11.1 Å². The van der Waals surface area contributed by atoms with Crippen molar-refractivity contribution in [2.45, 2.75) is 32.6 Å². The Labute approximate surface area is 122 Å². The van der Waals surface area contributed by atoms with Gasteiger partial charge in [0.1, 0.15) is 4.90 Å². The van der Waals surface area contributed by atoms with Gasteiger partial charge in [-0.25, -0.2) is 0 Å². The zero-order chi connectivity index (χ0) is 15.6. The van der Waals surface area contributed by atoms with Crippen molar-refractivity contribution in [3.63, 3.8) is 0 Å². The standard InChI is InChI=1S/C12H10O3S.2C2H6/c13-16(14,15)12-9-5-4-8-11(12)10-6-2-1-3-7-10;2*1-2/h1-9H,(H,13,14,15);2*1-2H3. The maximum atomic E-state index is 11.2. The number of hydrogen-bond donors (Lipinski definition) is 1. The molecule has 0 aliphatic carbocycles. The summed E-state index contributed by atoms with van der Waals surface area (Å²) in [5, 5.41) is 0. The fourth-order valence-electron chi connectivity index (χ4n) is 1.55. The summed E-state index contributed by atoms with van der Waals surface area (Å²) in [5.74, 6) is 0. The second kappa shape index (κ2) is 9.28. The number of hydrogen-bond acceptors (Lipinski definition) is 2. The molecule has 0 saturated heterocycles. The van der Waals surface area contributed by atoms with Gasteiger partial charge in [0, 0.05) is 5.56 Å². The summed E-state index contributed by atoms with van der Waals surface area (Å²) < 4.78 is 31.5. The molecule has 110 valence electrons. The van der Waals surface area contributed by atoms with Gasteiger partial charge < -0.3 is 0 Å². The minimum absolute atomic E-state index is 0.0683. The fraction of sp³-hybridized carbons (Fsp3) is 0.250. The molecule has 0 atom stereocenters. The van der Waals surface area contributed by atoms with Crippen LogP contribution in [0.2, 0.25) is 0 Å². The molecule has 0 radical (unpaired) electrons. The molecule has 1 N–H and O–H groups in total. The second-order valence-electron chi connectivity index (χ2n) is 3.34. The number of rotatable bonds is 2. The summed E-state index contributed by atoms with van der Waals surface area (Å²) in [6.45, 7) is 8.00. The third-order valence-electron chi connectivity index (χ3n) is 2.25. The van der Waals surface area contributed by atoms with Crippen molar-refractivity contribution in [3.05, 3.63) is 54.6 Å². The topological polar surface area (TPSA) is 54.4 Å². The Morgan fingerprint density at radius 3 is 1.70 bits per heavy atom. The van der Waals surface area contributed by atoms with E-state index in [0.717, 1.165) is 5.56 Å². The Morgan fingerprint density at radius 1 is 0.750 bits per heavy atom. The van der Waals surface area contributed by atoms with Crippen LogP contribution in [0.1, 0.15) is 27.7 Å². The van der Waals surface area contributed by atoms with Gasteiger partial charge in [0.25, 0.3) is 10.1 Å². The van der Waals surface area contributed by atoms with Gasteiger partial charge in [-0.2, -0.15) is 8.42 Å². The van der Waals surface area contributed by atoms with Gasteiger partial charge in [0.2, 0.25) is 0 Å². The minimum atomic E-state index is -4.18. The predicted molar refractivity (Wildman–Crippen MR) is 84.4 cm³/mol. The Bertz CT molecular complexity index is 590. The first-order valence-corrected chi connectivity index (χ1v) is 8.15. The molecule has 0 amide bonds. The maximum absolute atomic E-state index is 11.2. The van der Waals surface area contributed by atoms with Crippen LogP contribution >= 0.6 is 0 Å². The molecule has 0 bridgehead atoms. The molecule has 0 fully saturated rings. The molecule has 3 nitrogen and oxygen atoms in total. The summed E-state index contributed by atoms with van der Waals surface area (Å²) in [6.07, 6.45) is 0. The minimum Gasteiger partial charge on any atom is -0.282 e. The van der Waals surface area contributed by atoms with Crippen LogP contribution in [-0.2, 0) is 10.1 Å². The molecule has 0 aliphatic heterocycles. The van der Waals surface area contributed by atoms with E-state index in [1.54, 1.807) is 30.3 Å². The van der Waals surface area contributed by atoms with E-state index < -0.39 is 10.1 Å². The molecule has 0 saturated carbocycles. The van der Waals surface area contributed by atoms with E-state index in [9.17, 15) is 8.42 Å². The molecule has 2 aromatic carbocycles. The van der Waals surface area contributed by atoms with Crippen molar-refractivity contribution in [1.82, 2.24) is 0 Å². The van der Waals surface area contributed by atoms with Gasteiger partial charge in [-0.3, -0.25) is 4.55 Å². The average molecular weight is 294 g/mol. The van der Waals surface area contributed by atoms with E-state index in [4.69, 9.17) is 4.55 Å². The van der Waals surface area contributed by atoms with Gasteiger partial charge in [0.15, 0.2) is 0 Å². The Morgan fingerprint density at radius 2 is 1.20 bits per heavy atom. The third kappa shape index (κ3) is 5.15. The molecule has 0 aromatic heterocycles. The van der Waals surface area contributed by atoms with Crippen LogP contribution < -0.4 is 0 Å². The summed E-state index contributed by atoms with van der Waals surface area (Å²) in [5.41, 5.74) is 1.27. The lowest BCUT2D eigenvalue weighted by molar-refractivity contribution is 0.483. The first kappa shape index (κ1) is 18.4. The summed E-state index contributed by atoms with van der Waals surface area (Å²) in [7, 11) is -4.18. The predicted octanol–water partition coefficient (Wildman–Crippen LogP) is 4.65. The SMILES string of the molecule is CC.CC.O=S(=O)(O)c1ccccc1-c1ccccc1. The lowest BCUT2D eigenvalue weighted by Crippen LogP contribution is -2.00. The second-order valence-corrected chi connectivity index (χ2v) is 4.73. The van der Waals surface area contributed by atoms with Gasteiger partial charge in [0.05, 0.1) is 0 Å². The van der Waals surface area contributed by atoms with Crippen LogP contribution in [0.5, 0.6) is 0 Å². The Kier molecular flexibility index (Phi) is 8.52. The summed E-state index contributed by atoms with van der Waals surface area (Å²) in [6, 6.07) is 15.4. The van der Waals surface area contributed by atoms with Gasteiger partial charge in [-0.15, -0.1) is 0 Å². The molecule has 4 heteroatoms. The first-order chi connectivity index (χ1) is 9.59. The highest BCUT2D eigenvalue weighted by atomic mass is 32.2. The van der Waals surface area contributed by atoms with Gasteiger partial charge in [-0.05, 0) is 11.6 Å². The highest BCUT2D eigenvalue weighted by Gasteiger charge is 2.15. The van der Waals surface area contributed by atoms with Crippen molar-refractivity contribution >= 4 is 10.1 Å². The lowest BCUT2D eigenvalue weighted by Gasteiger charge is -2.06. The normalized spacial score (nSPS) is 9.65. The van der Waals surface area contributed by atoms with E-state index in [0.29, 0.717) is 5.56 Å². The van der Waals surface area contributed by atoms with Crippen molar-refractivity contribution in [1.29, 1.82) is 0 Å². The zero-order valence-corrected chi connectivity index (χ0v) is 13.2. The molecule has 0 unspecified atom stereocenters. The Hall–Kier alpha value is -1.65. The Balaban J connectivity index is 0.000000829. The van der Waals surface area contributed by atoms with Gasteiger partial charge >= 0.3 is 0 Å². The van der Waals surface area contributed by atoms with Crippen molar-refractivity contribution in [2.24, 2.45) is 0 Å². The van der Waals surface area contributed by atoms with E-state index in [1.165, 1.54) is 6.07 Å². The van der Waals surface area contributed by atoms with E-state index >= 15 is 0 Å². The maximum Gasteiger partial charge on any atom is 0.295 e. The van der Waals surface area contributed by atoms with Crippen molar-refractivity contribution < 1.29 is 13.0 Å².